The minimum atomic E-state index is -0.490. The van der Waals surface area contributed by atoms with Crippen LogP contribution in [0.3, 0.4) is 0 Å². The number of hydrazone groups is 1. The van der Waals surface area contributed by atoms with Crippen molar-refractivity contribution in [3.63, 3.8) is 0 Å². The van der Waals surface area contributed by atoms with Gasteiger partial charge in [-0.2, -0.15) is 5.10 Å². The van der Waals surface area contributed by atoms with E-state index in [0.717, 1.165) is 5.56 Å². The molecule has 0 aliphatic rings. The quantitative estimate of drug-likeness (QED) is 0.384. The molecule has 0 heterocycles. The summed E-state index contributed by atoms with van der Waals surface area (Å²) in [6.07, 6.45) is 1.35. The number of carbonyl (C=O) groups is 1. The Morgan fingerprint density at radius 2 is 1.79 bits per heavy atom. The van der Waals surface area contributed by atoms with Crippen LogP contribution >= 0.6 is 0 Å². The summed E-state index contributed by atoms with van der Waals surface area (Å²) in [6.45, 7) is 0.335. The summed E-state index contributed by atoms with van der Waals surface area (Å²) in [5, 5.41) is 14.7. The minimum Gasteiger partial charge on any atom is -0.488 e. The van der Waals surface area contributed by atoms with Gasteiger partial charge in [0.25, 0.3) is 11.6 Å². The molecule has 140 valence electrons. The van der Waals surface area contributed by atoms with Crippen LogP contribution < -0.4 is 10.2 Å². The maximum atomic E-state index is 12.4. The number of non-ortho nitro benzene ring substituents is 1. The molecule has 0 bridgehead atoms. The maximum absolute atomic E-state index is 12.4. The zero-order valence-corrected chi connectivity index (χ0v) is 14.8. The molecule has 0 fully saturated rings. The van der Waals surface area contributed by atoms with E-state index in [1.165, 1.54) is 18.3 Å². The Morgan fingerprint density at radius 3 is 2.57 bits per heavy atom. The SMILES string of the molecule is O=C(N/N=C/c1cccc([N+](=O)[O-])c1)c1ccccc1OCc1ccccc1. The molecule has 0 atom stereocenters. The van der Waals surface area contributed by atoms with Gasteiger partial charge in [0.15, 0.2) is 0 Å². The highest BCUT2D eigenvalue weighted by atomic mass is 16.6. The molecule has 0 aliphatic heterocycles. The lowest BCUT2D eigenvalue weighted by Gasteiger charge is -2.10. The van der Waals surface area contributed by atoms with Crippen LogP contribution in [0.4, 0.5) is 5.69 Å². The van der Waals surface area contributed by atoms with Crippen LogP contribution in [0.2, 0.25) is 0 Å². The third kappa shape index (κ3) is 5.01. The molecule has 3 aromatic rings. The summed E-state index contributed by atoms with van der Waals surface area (Å²) >= 11 is 0. The summed E-state index contributed by atoms with van der Waals surface area (Å²) in [4.78, 5) is 22.7. The van der Waals surface area contributed by atoms with E-state index in [1.54, 1.807) is 36.4 Å². The van der Waals surface area contributed by atoms with Crippen LogP contribution in [0, 0.1) is 10.1 Å². The van der Waals surface area contributed by atoms with Crippen molar-refractivity contribution < 1.29 is 14.5 Å². The molecule has 0 saturated carbocycles. The van der Waals surface area contributed by atoms with Gasteiger partial charge in [-0.25, -0.2) is 5.43 Å². The van der Waals surface area contributed by atoms with Crippen molar-refractivity contribution in [2.24, 2.45) is 5.10 Å². The summed E-state index contributed by atoms with van der Waals surface area (Å²) in [5.74, 6) is -0.000237. The molecule has 3 rings (SSSR count). The van der Waals surface area contributed by atoms with Crippen LogP contribution in [0.1, 0.15) is 21.5 Å². The average Bonchev–Trinajstić information content (AvgIpc) is 2.73. The van der Waals surface area contributed by atoms with Gasteiger partial charge < -0.3 is 4.74 Å². The number of carbonyl (C=O) groups excluding carboxylic acids is 1. The first-order valence-electron chi connectivity index (χ1n) is 8.47. The molecule has 1 amide bonds. The number of para-hydroxylation sites is 1. The van der Waals surface area contributed by atoms with Crippen molar-refractivity contribution in [2.75, 3.05) is 0 Å². The molecule has 0 unspecified atom stereocenters. The Balaban J connectivity index is 1.66. The molecule has 7 nitrogen and oxygen atoms in total. The van der Waals surface area contributed by atoms with Crippen LogP contribution in [-0.2, 0) is 6.61 Å². The lowest BCUT2D eigenvalue weighted by atomic mass is 10.2. The number of hydrogen-bond acceptors (Lipinski definition) is 5. The predicted molar refractivity (Wildman–Crippen MR) is 105 cm³/mol. The highest BCUT2D eigenvalue weighted by molar-refractivity contribution is 5.97. The largest absolute Gasteiger partial charge is 0.488 e. The van der Waals surface area contributed by atoms with Gasteiger partial charge in [0.2, 0.25) is 0 Å². The number of nitrogens with zero attached hydrogens (tertiary/aromatic N) is 2. The van der Waals surface area contributed by atoms with Gasteiger partial charge in [-0.3, -0.25) is 14.9 Å². The van der Waals surface area contributed by atoms with E-state index in [-0.39, 0.29) is 5.69 Å². The topological polar surface area (TPSA) is 93.8 Å². The van der Waals surface area contributed by atoms with Crippen molar-refractivity contribution in [1.29, 1.82) is 0 Å². The summed E-state index contributed by atoms with van der Waals surface area (Å²) in [6, 6.07) is 22.4. The number of nitro groups is 1. The summed E-state index contributed by atoms with van der Waals surface area (Å²) < 4.78 is 5.76. The molecule has 7 heteroatoms. The lowest BCUT2D eigenvalue weighted by molar-refractivity contribution is -0.384. The fourth-order valence-corrected chi connectivity index (χ4v) is 2.46. The van der Waals surface area contributed by atoms with E-state index in [0.29, 0.717) is 23.5 Å². The molecular formula is C21H17N3O4. The van der Waals surface area contributed by atoms with Gasteiger partial charge >= 0.3 is 0 Å². The Hall–Kier alpha value is -4.00. The highest BCUT2D eigenvalue weighted by Crippen LogP contribution is 2.19. The number of benzene rings is 3. The monoisotopic (exact) mass is 375 g/mol. The Labute approximate surface area is 161 Å². The molecule has 28 heavy (non-hydrogen) atoms. The fourth-order valence-electron chi connectivity index (χ4n) is 2.46. The van der Waals surface area contributed by atoms with E-state index in [2.05, 4.69) is 10.5 Å². The first kappa shape index (κ1) is 18.8. The first-order valence-corrected chi connectivity index (χ1v) is 8.47. The Morgan fingerprint density at radius 1 is 1.04 bits per heavy atom. The summed E-state index contributed by atoms with van der Waals surface area (Å²) in [5.41, 5.74) is 4.20. The van der Waals surface area contributed by atoms with Gasteiger partial charge in [-0.1, -0.05) is 54.6 Å². The Bertz CT molecular complexity index is 1000. The van der Waals surface area contributed by atoms with Crippen LogP contribution in [0.25, 0.3) is 0 Å². The molecule has 0 spiro atoms. The molecule has 3 aromatic carbocycles. The number of rotatable bonds is 7. The molecular weight excluding hydrogens is 358 g/mol. The molecule has 0 aliphatic carbocycles. The standard InChI is InChI=1S/C21H17N3O4/c25-21(23-22-14-17-9-6-10-18(13-17)24(26)27)19-11-4-5-12-20(19)28-15-16-7-2-1-3-8-16/h1-14H,15H2,(H,23,25)/b22-14+. The van der Waals surface area contributed by atoms with Gasteiger partial charge in [-0.05, 0) is 17.7 Å². The van der Waals surface area contributed by atoms with Gasteiger partial charge in [0.05, 0.1) is 16.7 Å². The van der Waals surface area contributed by atoms with E-state index >= 15 is 0 Å². The van der Waals surface area contributed by atoms with Crippen molar-refractivity contribution >= 4 is 17.8 Å². The van der Waals surface area contributed by atoms with Crippen molar-refractivity contribution in [1.82, 2.24) is 5.43 Å². The van der Waals surface area contributed by atoms with Crippen molar-refractivity contribution in [3.05, 3.63) is 106 Å². The van der Waals surface area contributed by atoms with Crippen LogP contribution in [0.5, 0.6) is 5.75 Å². The van der Waals surface area contributed by atoms with E-state index in [1.807, 2.05) is 30.3 Å². The van der Waals surface area contributed by atoms with Gasteiger partial charge in [0.1, 0.15) is 12.4 Å². The number of ether oxygens (including phenoxy) is 1. The number of hydrogen-bond donors (Lipinski definition) is 1. The Kier molecular flexibility index (Phi) is 6.10. The fraction of sp³-hybridized carbons (Fsp3) is 0.0476. The number of nitrogens with one attached hydrogen (secondary N) is 1. The average molecular weight is 375 g/mol. The van der Waals surface area contributed by atoms with Crippen LogP contribution in [0.15, 0.2) is 84.0 Å². The van der Waals surface area contributed by atoms with Crippen molar-refractivity contribution in [2.45, 2.75) is 6.61 Å². The van der Waals surface area contributed by atoms with Crippen LogP contribution in [-0.4, -0.2) is 17.0 Å². The third-order valence-corrected chi connectivity index (χ3v) is 3.83. The molecule has 1 N–H and O–H groups in total. The van der Waals surface area contributed by atoms with E-state index in [4.69, 9.17) is 4.74 Å². The van der Waals surface area contributed by atoms with Gasteiger partial charge in [-0.15, -0.1) is 0 Å². The van der Waals surface area contributed by atoms with E-state index in [9.17, 15) is 14.9 Å². The highest BCUT2D eigenvalue weighted by Gasteiger charge is 2.11. The maximum Gasteiger partial charge on any atom is 0.275 e. The zero-order chi connectivity index (χ0) is 19.8. The summed E-state index contributed by atoms with van der Waals surface area (Å²) in [7, 11) is 0. The number of amides is 1. The van der Waals surface area contributed by atoms with Crippen molar-refractivity contribution in [3.8, 4) is 5.75 Å². The second kappa shape index (κ2) is 9.09. The molecule has 0 saturated heterocycles. The minimum absolute atomic E-state index is 0.0464. The molecule has 0 radical (unpaired) electrons. The second-order valence-electron chi connectivity index (χ2n) is 5.82. The second-order valence-corrected chi connectivity index (χ2v) is 5.82. The zero-order valence-electron chi connectivity index (χ0n) is 14.8. The van der Waals surface area contributed by atoms with Gasteiger partial charge in [0, 0.05) is 17.7 Å². The third-order valence-electron chi connectivity index (χ3n) is 3.83. The molecule has 0 aromatic heterocycles. The number of nitro benzene ring substituents is 1. The smallest absolute Gasteiger partial charge is 0.275 e. The van der Waals surface area contributed by atoms with E-state index < -0.39 is 10.8 Å². The lowest BCUT2D eigenvalue weighted by Crippen LogP contribution is -2.18. The normalized spacial score (nSPS) is 10.6. The first-order chi connectivity index (χ1) is 13.6. The predicted octanol–water partition coefficient (Wildman–Crippen LogP) is 3.94.